The van der Waals surface area contributed by atoms with E-state index in [0.717, 1.165) is 11.1 Å². The topological polar surface area (TPSA) is 55.8 Å². The molecule has 3 unspecified atom stereocenters. The first-order valence-corrected chi connectivity index (χ1v) is 10.4. The molecule has 0 radical (unpaired) electrons. The smallest absolute Gasteiger partial charge is 0.411 e. The third kappa shape index (κ3) is 4.90. The molecule has 0 aliphatic carbocycles. The van der Waals surface area contributed by atoms with Gasteiger partial charge in [-0.15, -0.1) is 6.58 Å². The zero-order valence-electron chi connectivity index (χ0n) is 17.6. The SMILES string of the molecule is C=CCCC1C(=O)OC(c2ccccc2)C(c2ccccc2)N1C(=O)OCC(C)C. The van der Waals surface area contributed by atoms with Crippen LogP contribution >= 0.6 is 0 Å². The Morgan fingerprint density at radius 2 is 1.70 bits per heavy atom. The highest BCUT2D eigenvalue weighted by Crippen LogP contribution is 2.43. The minimum absolute atomic E-state index is 0.192. The maximum absolute atomic E-state index is 13.3. The lowest BCUT2D eigenvalue weighted by atomic mass is 9.90. The molecule has 1 fully saturated rings. The standard InChI is InChI=1S/C25H29NO4/c1-4-5-16-21-24(27)30-23(20-14-10-7-11-15-20)22(19-12-8-6-9-13-19)26(21)25(28)29-17-18(2)3/h4,6-15,18,21-23H,1,5,16-17H2,2-3H3. The van der Waals surface area contributed by atoms with Gasteiger partial charge in [-0.1, -0.05) is 80.6 Å². The summed E-state index contributed by atoms with van der Waals surface area (Å²) in [6.07, 6.45) is 1.65. The lowest BCUT2D eigenvalue weighted by molar-refractivity contribution is -0.173. The van der Waals surface area contributed by atoms with Gasteiger partial charge in [-0.3, -0.25) is 4.90 Å². The number of carbonyl (C=O) groups is 2. The highest BCUT2D eigenvalue weighted by Gasteiger charge is 2.48. The van der Waals surface area contributed by atoms with Crippen LogP contribution in [0.5, 0.6) is 0 Å². The highest BCUT2D eigenvalue weighted by molar-refractivity contribution is 5.83. The molecule has 0 saturated carbocycles. The van der Waals surface area contributed by atoms with Gasteiger partial charge in [0.15, 0.2) is 6.10 Å². The Kier molecular flexibility index (Phi) is 7.28. The van der Waals surface area contributed by atoms with Crippen LogP contribution in [0, 0.1) is 5.92 Å². The molecule has 1 amide bonds. The second kappa shape index (κ2) is 10.1. The molecule has 1 aliphatic rings. The van der Waals surface area contributed by atoms with Crippen molar-refractivity contribution in [2.24, 2.45) is 5.92 Å². The Morgan fingerprint density at radius 3 is 2.27 bits per heavy atom. The number of rotatable bonds is 7. The first-order chi connectivity index (χ1) is 14.5. The quantitative estimate of drug-likeness (QED) is 0.452. The van der Waals surface area contributed by atoms with Crippen molar-refractivity contribution in [2.45, 2.75) is 44.9 Å². The number of hydrogen-bond donors (Lipinski definition) is 0. The predicted molar refractivity (Wildman–Crippen MR) is 116 cm³/mol. The van der Waals surface area contributed by atoms with Crippen LogP contribution in [0.2, 0.25) is 0 Å². The van der Waals surface area contributed by atoms with Gasteiger partial charge in [0, 0.05) is 0 Å². The Labute approximate surface area is 178 Å². The second-order valence-electron chi connectivity index (χ2n) is 7.88. The zero-order chi connectivity index (χ0) is 21.5. The fourth-order valence-corrected chi connectivity index (χ4v) is 3.69. The lowest BCUT2D eigenvalue weighted by Crippen LogP contribution is -2.54. The monoisotopic (exact) mass is 407 g/mol. The van der Waals surface area contributed by atoms with Crippen molar-refractivity contribution in [3.8, 4) is 0 Å². The van der Waals surface area contributed by atoms with Crippen LogP contribution in [-0.4, -0.2) is 29.6 Å². The van der Waals surface area contributed by atoms with Crippen LogP contribution in [0.4, 0.5) is 4.79 Å². The Bertz CT molecular complexity index is 850. The van der Waals surface area contributed by atoms with Crippen molar-refractivity contribution in [1.29, 1.82) is 0 Å². The molecule has 2 aromatic carbocycles. The summed E-state index contributed by atoms with van der Waals surface area (Å²) in [5, 5.41) is 0. The van der Waals surface area contributed by atoms with Gasteiger partial charge in [0.25, 0.3) is 0 Å². The molecule has 2 aromatic rings. The number of allylic oxidation sites excluding steroid dienone is 1. The molecule has 0 aromatic heterocycles. The number of benzene rings is 2. The molecular weight excluding hydrogens is 378 g/mol. The van der Waals surface area contributed by atoms with E-state index in [-0.39, 0.29) is 12.5 Å². The van der Waals surface area contributed by atoms with Gasteiger partial charge in [0.1, 0.15) is 12.1 Å². The summed E-state index contributed by atoms with van der Waals surface area (Å²) in [6.45, 7) is 8.00. The first-order valence-electron chi connectivity index (χ1n) is 10.4. The van der Waals surface area contributed by atoms with E-state index in [2.05, 4.69) is 6.58 Å². The molecule has 5 heteroatoms. The van der Waals surface area contributed by atoms with Crippen LogP contribution in [0.3, 0.4) is 0 Å². The number of morpholine rings is 1. The minimum Gasteiger partial charge on any atom is -0.453 e. The highest BCUT2D eigenvalue weighted by atomic mass is 16.6. The molecule has 30 heavy (non-hydrogen) atoms. The van der Waals surface area contributed by atoms with E-state index in [1.807, 2.05) is 74.5 Å². The number of nitrogens with zero attached hydrogens (tertiary/aromatic N) is 1. The zero-order valence-corrected chi connectivity index (χ0v) is 17.6. The second-order valence-corrected chi connectivity index (χ2v) is 7.88. The number of cyclic esters (lactones) is 1. The molecule has 5 nitrogen and oxygen atoms in total. The van der Waals surface area contributed by atoms with Gasteiger partial charge in [-0.25, -0.2) is 9.59 Å². The average molecular weight is 408 g/mol. The molecule has 1 saturated heterocycles. The van der Waals surface area contributed by atoms with E-state index in [1.165, 1.54) is 0 Å². The van der Waals surface area contributed by atoms with E-state index in [1.54, 1.807) is 11.0 Å². The summed E-state index contributed by atoms with van der Waals surface area (Å²) in [5.41, 5.74) is 1.73. The fraction of sp³-hybridized carbons (Fsp3) is 0.360. The van der Waals surface area contributed by atoms with Crippen molar-refractivity contribution in [3.63, 3.8) is 0 Å². The molecule has 3 rings (SSSR count). The molecule has 1 heterocycles. The molecule has 1 aliphatic heterocycles. The number of ether oxygens (including phenoxy) is 2. The van der Waals surface area contributed by atoms with Gasteiger partial charge >= 0.3 is 12.1 Å². The molecular formula is C25H29NO4. The molecule has 0 bridgehead atoms. The van der Waals surface area contributed by atoms with Crippen molar-refractivity contribution < 1.29 is 19.1 Å². The van der Waals surface area contributed by atoms with Crippen molar-refractivity contribution in [3.05, 3.63) is 84.4 Å². The van der Waals surface area contributed by atoms with Gasteiger partial charge in [-0.05, 0) is 29.9 Å². The van der Waals surface area contributed by atoms with Crippen molar-refractivity contribution >= 4 is 12.1 Å². The largest absolute Gasteiger partial charge is 0.453 e. The molecule has 0 spiro atoms. The number of carbonyl (C=O) groups excluding carboxylic acids is 2. The van der Waals surface area contributed by atoms with E-state index in [4.69, 9.17) is 9.47 Å². The van der Waals surface area contributed by atoms with Crippen molar-refractivity contribution in [2.75, 3.05) is 6.61 Å². The predicted octanol–water partition coefficient (Wildman–Crippen LogP) is 5.46. The van der Waals surface area contributed by atoms with E-state index in [0.29, 0.717) is 12.8 Å². The number of hydrogen-bond acceptors (Lipinski definition) is 4. The third-order valence-corrected chi connectivity index (χ3v) is 5.10. The summed E-state index contributed by atoms with van der Waals surface area (Å²) >= 11 is 0. The summed E-state index contributed by atoms with van der Waals surface area (Å²) in [7, 11) is 0. The maximum atomic E-state index is 13.3. The van der Waals surface area contributed by atoms with Crippen LogP contribution < -0.4 is 0 Å². The van der Waals surface area contributed by atoms with E-state index < -0.39 is 30.3 Å². The van der Waals surface area contributed by atoms with Crippen LogP contribution in [0.15, 0.2) is 73.3 Å². The summed E-state index contributed by atoms with van der Waals surface area (Å²) in [5.74, 6) is -0.225. The van der Waals surface area contributed by atoms with Gasteiger partial charge < -0.3 is 9.47 Å². The summed E-state index contributed by atoms with van der Waals surface area (Å²) in [4.78, 5) is 27.8. The lowest BCUT2D eigenvalue weighted by Gasteiger charge is -2.44. The summed E-state index contributed by atoms with van der Waals surface area (Å²) in [6, 6.07) is 18.0. The Morgan fingerprint density at radius 1 is 1.10 bits per heavy atom. The van der Waals surface area contributed by atoms with E-state index in [9.17, 15) is 9.59 Å². The average Bonchev–Trinajstić information content (AvgIpc) is 2.77. The molecule has 158 valence electrons. The summed E-state index contributed by atoms with van der Waals surface area (Å²) < 4.78 is 11.5. The molecule has 0 N–H and O–H groups in total. The Hall–Kier alpha value is -3.08. The number of amides is 1. The first kappa shape index (κ1) is 21.6. The van der Waals surface area contributed by atoms with Crippen LogP contribution in [-0.2, 0) is 14.3 Å². The third-order valence-electron chi connectivity index (χ3n) is 5.10. The van der Waals surface area contributed by atoms with Gasteiger partial charge in [-0.2, -0.15) is 0 Å². The van der Waals surface area contributed by atoms with Gasteiger partial charge in [0.05, 0.1) is 6.61 Å². The van der Waals surface area contributed by atoms with Crippen LogP contribution in [0.25, 0.3) is 0 Å². The maximum Gasteiger partial charge on any atom is 0.411 e. The van der Waals surface area contributed by atoms with Gasteiger partial charge in [0.2, 0.25) is 0 Å². The van der Waals surface area contributed by atoms with Crippen LogP contribution in [0.1, 0.15) is 50.0 Å². The minimum atomic E-state index is -0.729. The molecule has 3 atom stereocenters. The van der Waals surface area contributed by atoms with E-state index >= 15 is 0 Å². The fourth-order valence-electron chi connectivity index (χ4n) is 3.69. The normalized spacial score (nSPS) is 21.2. The Balaban J connectivity index is 2.07. The van der Waals surface area contributed by atoms with Crippen molar-refractivity contribution in [1.82, 2.24) is 4.90 Å². The number of esters is 1.